The van der Waals surface area contributed by atoms with Crippen LogP contribution in [0.2, 0.25) is 0 Å². The average Bonchev–Trinajstić information content (AvgIpc) is 2.99. The van der Waals surface area contributed by atoms with E-state index in [1.807, 2.05) is 31.2 Å². The minimum atomic E-state index is 0.580. The Bertz CT molecular complexity index is 814. The summed E-state index contributed by atoms with van der Waals surface area (Å²) in [4.78, 5) is 8.55. The molecule has 3 aromatic rings. The van der Waals surface area contributed by atoms with Crippen LogP contribution in [-0.4, -0.2) is 34.0 Å². The highest BCUT2D eigenvalue weighted by atomic mass is 16.5. The Hall–Kier alpha value is -2.89. The summed E-state index contributed by atoms with van der Waals surface area (Å²) in [5, 5.41) is 4.30. The molecule has 0 unspecified atom stereocenters. The normalized spacial score (nSPS) is 10.6. The first-order chi connectivity index (χ1) is 11.2. The van der Waals surface area contributed by atoms with Gasteiger partial charge in [0.1, 0.15) is 17.9 Å². The van der Waals surface area contributed by atoms with E-state index in [1.165, 1.54) is 0 Å². The zero-order valence-corrected chi connectivity index (χ0v) is 13.4. The third kappa shape index (κ3) is 3.31. The van der Waals surface area contributed by atoms with Crippen molar-refractivity contribution in [1.29, 1.82) is 0 Å². The van der Waals surface area contributed by atoms with Crippen LogP contribution in [-0.2, 0) is 6.54 Å². The number of benzene rings is 1. The summed E-state index contributed by atoms with van der Waals surface area (Å²) in [5.41, 5.74) is 2.93. The number of ether oxygens (including phenoxy) is 2. The second-order valence-electron chi connectivity index (χ2n) is 5.12. The van der Waals surface area contributed by atoms with E-state index in [-0.39, 0.29) is 0 Å². The summed E-state index contributed by atoms with van der Waals surface area (Å²) >= 11 is 0. The van der Waals surface area contributed by atoms with Crippen LogP contribution in [0.1, 0.15) is 11.4 Å². The van der Waals surface area contributed by atoms with Crippen molar-refractivity contribution in [3.05, 3.63) is 54.2 Å². The van der Waals surface area contributed by atoms with Gasteiger partial charge < -0.3 is 9.47 Å². The largest absolute Gasteiger partial charge is 0.497 e. The topological polar surface area (TPSA) is 62.1 Å². The molecular formula is C17H18N4O2. The number of aryl methyl sites for hydroxylation is 1. The quantitative estimate of drug-likeness (QED) is 0.725. The van der Waals surface area contributed by atoms with E-state index in [4.69, 9.17) is 9.47 Å². The number of hydrogen-bond donors (Lipinski definition) is 0. The van der Waals surface area contributed by atoms with Gasteiger partial charge in [0.15, 0.2) is 0 Å². The molecule has 0 bridgehead atoms. The van der Waals surface area contributed by atoms with Gasteiger partial charge in [-0.2, -0.15) is 5.10 Å². The predicted octanol–water partition coefficient (Wildman–Crippen LogP) is 2.71. The number of nitrogens with zero attached hydrogens (tertiary/aromatic N) is 4. The van der Waals surface area contributed by atoms with Gasteiger partial charge in [0, 0.05) is 11.8 Å². The molecule has 2 heterocycles. The highest BCUT2D eigenvalue weighted by molar-refractivity contribution is 5.70. The highest BCUT2D eigenvalue weighted by Crippen LogP contribution is 2.31. The molecule has 118 valence electrons. The maximum absolute atomic E-state index is 5.40. The molecule has 1 aromatic carbocycles. The van der Waals surface area contributed by atoms with E-state index >= 15 is 0 Å². The Balaban J connectivity index is 1.98. The molecule has 0 aliphatic rings. The highest BCUT2D eigenvalue weighted by Gasteiger charge is 2.10. The summed E-state index contributed by atoms with van der Waals surface area (Å²) in [5.74, 6) is 2.12. The van der Waals surface area contributed by atoms with E-state index in [1.54, 1.807) is 31.4 Å². The lowest BCUT2D eigenvalue weighted by atomic mass is 10.0. The fourth-order valence-corrected chi connectivity index (χ4v) is 2.39. The van der Waals surface area contributed by atoms with Crippen LogP contribution in [0.15, 0.2) is 42.9 Å². The number of rotatable bonds is 5. The Morgan fingerprint density at radius 3 is 2.65 bits per heavy atom. The summed E-state index contributed by atoms with van der Waals surface area (Å²) in [6, 6.07) is 9.87. The minimum absolute atomic E-state index is 0.580. The van der Waals surface area contributed by atoms with Gasteiger partial charge in [-0.15, -0.1) is 0 Å². The van der Waals surface area contributed by atoms with Crippen LogP contribution in [0.5, 0.6) is 11.6 Å². The third-order valence-corrected chi connectivity index (χ3v) is 3.48. The van der Waals surface area contributed by atoms with E-state index in [0.717, 1.165) is 28.3 Å². The van der Waals surface area contributed by atoms with Crippen LogP contribution in [0.4, 0.5) is 0 Å². The minimum Gasteiger partial charge on any atom is -0.497 e. The number of hydrogen-bond acceptors (Lipinski definition) is 5. The van der Waals surface area contributed by atoms with Crippen molar-refractivity contribution in [2.45, 2.75) is 13.5 Å². The van der Waals surface area contributed by atoms with Gasteiger partial charge in [-0.25, -0.2) is 14.6 Å². The summed E-state index contributed by atoms with van der Waals surface area (Å²) in [7, 11) is 3.27. The molecule has 23 heavy (non-hydrogen) atoms. The Labute approximate surface area is 134 Å². The smallest absolute Gasteiger partial charge is 0.221 e. The van der Waals surface area contributed by atoms with Crippen LogP contribution < -0.4 is 9.47 Å². The molecule has 0 radical (unpaired) electrons. The third-order valence-electron chi connectivity index (χ3n) is 3.48. The second kappa shape index (κ2) is 6.48. The summed E-state index contributed by atoms with van der Waals surface area (Å²) in [6.07, 6.45) is 3.50. The molecule has 2 aromatic heterocycles. The lowest BCUT2D eigenvalue weighted by molar-refractivity contribution is 0.399. The molecule has 6 nitrogen and oxygen atoms in total. The monoisotopic (exact) mass is 310 g/mol. The predicted molar refractivity (Wildman–Crippen MR) is 86.6 cm³/mol. The Morgan fingerprint density at radius 1 is 1.09 bits per heavy atom. The molecule has 0 atom stereocenters. The van der Waals surface area contributed by atoms with E-state index in [0.29, 0.717) is 12.4 Å². The van der Waals surface area contributed by atoms with Gasteiger partial charge >= 0.3 is 0 Å². The maximum atomic E-state index is 5.40. The summed E-state index contributed by atoms with van der Waals surface area (Å²) in [6.45, 7) is 2.47. The molecule has 0 aliphatic carbocycles. The van der Waals surface area contributed by atoms with Crippen molar-refractivity contribution in [1.82, 2.24) is 19.7 Å². The standard InChI is InChI=1S/C17H18N4O2/c1-12-19-11-21(20-12)10-13-7-16(17(23-3)18-9-13)14-5-4-6-15(8-14)22-2/h4-9,11H,10H2,1-3H3. The lowest BCUT2D eigenvalue weighted by Crippen LogP contribution is -2.02. The SMILES string of the molecule is COc1cccc(-c2cc(Cn3cnc(C)n3)cnc2OC)c1. The van der Waals surface area contributed by atoms with Crippen molar-refractivity contribution >= 4 is 0 Å². The van der Waals surface area contributed by atoms with E-state index < -0.39 is 0 Å². The first kappa shape index (κ1) is 15.0. The van der Waals surface area contributed by atoms with Crippen molar-refractivity contribution in [2.24, 2.45) is 0 Å². The van der Waals surface area contributed by atoms with Gasteiger partial charge in [0.05, 0.1) is 20.8 Å². The molecule has 0 N–H and O–H groups in total. The van der Waals surface area contributed by atoms with Gasteiger partial charge in [0.2, 0.25) is 5.88 Å². The summed E-state index contributed by atoms with van der Waals surface area (Å²) < 4.78 is 12.5. The molecule has 0 saturated carbocycles. The molecule has 3 rings (SSSR count). The molecule has 0 fully saturated rings. The van der Waals surface area contributed by atoms with Gasteiger partial charge in [-0.1, -0.05) is 12.1 Å². The molecule has 0 amide bonds. The Morgan fingerprint density at radius 2 is 1.96 bits per heavy atom. The molecule has 0 saturated heterocycles. The number of pyridine rings is 1. The fourth-order valence-electron chi connectivity index (χ4n) is 2.39. The van der Waals surface area contributed by atoms with Crippen molar-refractivity contribution < 1.29 is 9.47 Å². The second-order valence-corrected chi connectivity index (χ2v) is 5.12. The van der Waals surface area contributed by atoms with Crippen LogP contribution in [0.25, 0.3) is 11.1 Å². The van der Waals surface area contributed by atoms with E-state index in [9.17, 15) is 0 Å². The zero-order chi connectivity index (χ0) is 16.2. The average molecular weight is 310 g/mol. The van der Waals surface area contributed by atoms with Gasteiger partial charge in [0.25, 0.3) is 0 Å². The Kier molecular flexibility index (Phi) is 4.23. The van der Waals surface area contributed by atoms with Crippen LogP contribution in [0, 0.1) is 6.92 Å². The lowest BCUT2D eigenvalue weighted by Gasteiger charge is -2.11. The number of methoxy groups -OCH3 is 2. The molecule has 0 aliphatic heterocycles. The van der Waals surface area contributed by atoms with Crippen LogP contribution in [0.3, 0.4) is 0 Å². The number of aromatic nitrogens is 4. The van der Waals surface area contributed by atoms with Crippen molar-refractivity contribution in [2.75, 3.05) is 14.2 Å². The molecule has 0 spiro atoms. The zero-order valence-electron chi connectivity index (χ0n) is 13.4. The van der Waals surface area contributed by atoms with Gasteiger partial charge in [-0.05, 0) is 36.2 Å². The van der Waals surface area contributed by atoms with Crippen LogP contribution >= 0.6 is 0 Å². The molecule has 6 heteroatoms. The first-order valence-corrected chi connectivity index (χ1v) is 7.23. The maximum Gasteiger partial charge on any atom is 0.221 e. The van der Waals surface area contributed by atoms with Crippen molar-refractivity contribution in [3.8, 4) is 22.8 Å². The van der Waals surface area contributed by atoms with Crippen molar-refractivity contribution in [3.63, 3.8) is 0 Å². The van der Waals surface area contributed by atoms with E-state index in [2.05, 4.69) is 21.1 Å². The molecular weight excluding hydrogens is 292 g/mol. The fraction of sp³-hybridized carbons (Fsp3) is 0.235. The van der Waals surface area contributed by atoms with Gasteiger partial charge in [-0.3, -0.25) is 0 Å². The first-order valence-electron chi connectivity index (χ1n) is 7.23.